The van der Waals surface area contributed by atoms with Crippen molar-refractivity contribution in [2.24, 2.45) is 11.8 Å². The first-order valence-corrected chi connectivity index (χ1v) is 9.83. The Morgan fingerprint density at radius 2 is 1.56 bits per heavy atom. The van der Waals surface area contributed by atoms with Crippen LogP contribution in [0.4, 0.5) is 4.79 Å². The summed E-state index contributed by atoms with van der Waals surface area (Å²) in [7, 11) is 1.79. The summed E-state index contributed by atoms with van der Waals surface area (Å²) in [5.41, 5.74) is -0.528. The Balaban J connectivity index is 4.43. The summed E-state index contributed by atoms with van der Waals surface area (Å²) in [4.78, 5) is 27.2. The lowest BCUT2D eigenvalue weighted by molar-refractivity contribution is -0.144. The average molecular weight is 389 g/mol. The van der Waals surface area contributed by atoms with Gasteiger partial charge in [-0.25, -0.2) is 4.79 Å². The first kappa shape index (κ1) is 25.7. The maximum absolute atomic E-state index is 12.4. The summed E-state index contributed by atoms with van der Waals surface area (Å²) in [6, 6.07) is -0.530. The van der Waals surface area contributed by atoms with E-state index in [1.807, 2.05) is 34.6 Å². The number of nitrogens with zero attached hydrogens (tertiary/aromatic N) is 2. The minimum atomic E-state index is -0.822. The summed E-state index contributed by atoms with van der Waals surface area (Å²) in [6.45, 7) is 16.0. The average Bonchev–Trinajstić information content (AvgIpc) is 2.46. The molecule has 0 saturated heterocycles. The van der Waals surface area contributed by atoms with Crippen LogP contribution in [0.1, 0.15) is 54.9 Å². The predicted octanol–water partition coefficient (Wildman–Crippen LogP) is 3.33. The largest absolute Gasteiger partial charge is 0.480 e. The summed E-state index contributed by atoms with van der Waals surface area (Å²) < 4.78 is 11.1. The Labute approximate surface area is 165 Å². The SMILES string of the molecule is CC(C)CCN(CCOCCN(C)[C@H](C(=O)O)C(C)C)C(=O)OC(C)(C)C. The molecule has 27 heavy (non-hydrogen) atoms. The van der Waals surface area contributed by atoms with Crippen molar-refractivity contribution < 1.29 is 24.2 Å². The zero-order valence-corrected chi connectivity index (χ0v) is 18.4. The van der Waals surface area contributed by atoms with Crippen LogP contribution in [0.2, 0.25) is 0 Å². The highest BCUT2D eigenvalue weighted by Crippen LogP contribution is 2.12. The van der Waals surface area contributed by atoms with Gasteiger partial charge in [-0.05, 0) is 46.1 Å². The summed E-state index contributed by atoms with van der Waals surface area (Å²) in [6.07, 6.45) is 0.575. The molecule has 7 heteroatoms. The molecule has 0 aliphatic carbocycles. The van der Waals surface area contributed by atoms with Crippen LogP contribution in [0.5, 0.6) is 0 Å². The van der Waals surface area contributed by atoms with E-state index < -0.39 is 17.6 Å². The van der Waals surface area contributed by atoms with Gasteiger partial charge in [0, 0.05) is 19.6 Å². The van der Waals surface area contributed by atoms with Crippen molar-refractivity contribution in [1.82, 2.24) is 9.80 Å². The zero-order chi connectivity index (χ0) is 21.2. The molecule has 0 unspecified atom stereocenters. The van der Waals surface area contributed by atoms with Gasteiger partial charge in [-0.15, -0.1) is 0 Å². The number of carbonyl (C=O) groups is 2. The first-order chi connectivity index (χ1) is 12.3. The molecule has 0 aromatic heterocycles. The van der Waals surface area contributed by atoms with Crippen LogP contribution in [0.15, 0.2) is 0 Å². The smallest absolute Gasteiger partial charge is 0.410 e. The Kier molecular flexibility index (Phi) is 11.6. The first-order valence-electron chi connectivity index (χ1n) is 9.83. The second-order valence-corrected chi connectivity index (χ2v) is 8.77. The maximum atomic E-state index is 12.4. The van der Waals surface area contributed by atoms with Gasteiger partial charge in [0.15, 0.2) is 0 Å². The molecule has 0 aromatic rings. The normalized spacial score (nSPS) is 13.3. The minimum absolute atomic E-state index is 0.0196. The van der Waals surface area contributed by atoms with Crippen molar-refractivity contribution in [3.8, 4) is 0 Å². The van der Waals surface area contributed by atoms with E-state index in [0.717, 1.165) is 6.42 Å². The molecule has 0 aliphatic rings. The second kappa shape index (κ2) is 12.2. The number of likely N-dealkylation sites (N-methyl/N-ethyl adjacent to an activating group) is 1. The molecule has 0 radical (unpaired) electrons. The molecule has 0 fully saturated rings. The molecular weight excluding hydrogens is 348 g/mol. The molecule has 160 valence electrons. The van der Waals surface area contributed by atoms with Gasteiger partial charge in [-0.2, -0.15) is 0 Å². The third kappa shape index (κ3) is 11.9. The predicted molar refractivity (Wildman–Crippen MR) is 107 cm³/mol. The summed E-state index contributed by atoms with van der Waals surface area (Å²) in [5.74, 6) is -0.308. The quantitative estimate of drug-likeness (QED) is 0.517. The number of ether oxygens (including phenoxy) is 2. The van der Waals surface area contributed by atoms with Gasteiger partial charge in [0.2, 0.25) is 0 Å². The molecule has 0 aliphatic heterocycles. The van der Waals surface area contributed by atoms with E-state index in [1.165, 1.54) is 0 Å². The van der Waals surface area contributed by atoms with Gasteiger partial charge < -0.3 is 19.5 Å². The van der Waals surface area contributed by atoms with Crippen LogP contribution < -0.4 is 0 Å². The van der Waals surface area contributed by atoms with Crippen molar-refractivity contribution >= 4 is 12.1 Å². The van der Waals surface area contributed by atoms with Crippen LogP contribution in [-0.2, 0) is 14.3 Å². The molecule has 1 amide bonds. The lowest BCUT2D eigenvalue weighted by Gasteiger charge is -2.29. The fourth-order valence-corrected chi connectivity index (χ4v) is 2.64. The molecule has 0 heterocycles. The molecular formula is C20H40N2O5. The zero-order valence-electron chi connectivity index (χ0n) is 18.4. The maximum Gasteiger partial charge on any atom is 0.410 e. The molecule has 0 spiro atoms. The van der Waals surface area contributed by atoms with Crippen LogP contribution in [-0.4, -0.2) is 78.5 Å². The Morgan fingerprint density at radius 1 is 1.00 bits per heavy atom. The highest BCUT2D eigenvalue weighted by Gasteiger charge is 2.26. The van der Waals surface area contributed by atoms with E-state index in [4.69, 9.17) is 9.47 Å². The van der Waals surface area contributed by atoms with Crippen molar-refractivity contribution in [2.75, 3.05) is 39.9 Å². The van der Waals surface area contributed by atoms with Gasteiger partial charge in [0.1, 0.15) is 11.6 Å². The molecule has 7 nitrogen and oxygen atoms in total. The highest BCUT2D eigenvalue weighted by atomic mass is 16.6. The number of carboxylic acid groups (broad SMARTS) is 1. The fourth-order valence-electron chi connectivity index (χ4n) is 2.64. The molecule has 1 atom stereocenters. The molecule has 1 N–H and O–H groups in total. The van der Waals surface area contributed by atoms with Gasteiger partial charge in [0.25, 0.3) is 0 Å². The van der Waals surface area contributed by atoms with Crippen LogP contribution in [0.3, 0.4) is 0 Å². The molecule has 0 aromatic carbocycles. The highest BCUT2D eigenvalue weighted by molar-refractivity contribution is 5.73. The van der Waals surface area contributed by atoms with E-state index in [-0.39, 0.29) is 12.0 Å². The number of aliphatic carboxylic acids is 1. The topological polar surface area (TPSA) is 79.3 Å². The Bertz CT molecular complexity index is 446. The van der Waals surface area contributed by atoms with Gasteiger partial charge in [-0.3, -0.25) is 9.69 Å². The Hall–Kier alpha value is -1.34. The number of hydrogen-bond acceptors (Lipinski definition) is 5. The number of hydrogen-bond donors (Lipinski definition) is 1. The van der Waals surface area contributed by atoms with Gasteiger partial charge in [-0.1, -0.05) is 27.7 Å². The lowest BCUT2D eigenvalue weighted by Crippen LogP contribution is -2.44. The third-order valence-corrected chi connectivity index (χ3v) is 4.08. The van der Waals surface area contributed by atoms with Crippen molar-refractivity contribution in [1.29, 1.82) is 0 Å². The molecule has 0 bridgehead atoms. The van der Waals surface area contributed by atoms with Crippen LogP contribution in [0.25, 0.3) is 0 Å². The molecule has 0 rings (SSSR count). The van der Waals surface area contributed by atoms with E-state index in [2.05, 4.69) is 13.8 Å². The third-order valence-electron chi connectivity index (χ3n) is 4.08. The van der Waals surface area contributed by atoms with E-state index in [9.17, 15) is 14.7 Å². The van der Waals surface area contributed by atoms with Crippen molar-refractivity contribution in [3.63, 3.8) is 0 Å². The summed E-state index contributed by atoms with van der Waals surface area (Å²) >= 11 is 0. The van der Waals surface area contributed by atoms with Crippen molar-refractivity contribution in [2.45, 2.75) is 66.5 Å². The number of rotatable bonds is 12. The van der Waals surface area contributed by atoms with Gasteiger partial charge in [0.05, 0.1) is 13.2 Å². The standard InChI is InChI=1S/C20H40N2O5/c1-15(2)9-10-22(19(25)27-20(5,6)7)12-14-26-13-11-21(8)17(16(3)4)18(23)24/h15-17H,9-14H2,1-8H3,(H,23,24)/t17-/m0/s1. The minimum Gasteiger partial charge on any atom is -0.480 e. The van der Waals surface area contributed by atoms with E-state index in [0.29, 0.717) is 38.8 Å². The Morgan fingerprint density at radius 3 is 2.00 bits per heavy atom. The van der Waals surface area contributed by atoms with Crippen LogP contribution in [0, 0.1) is 11.8 Å². The summed E-state index contributed by atoms with van der Waals surface area (Å²) in [5, 5.41) is 9.31. The molecule has 0 saturated carbocycles. The van der Waals surface area contributed by atoms with E-state index in [1.54, 1.807) is 16.8 Å². The number of amides is 1. The number of carbonyl (C=O) groups excluding carboxylic acids is 1. The lowest BCUT2D eigenvalue weighted by atomic mass is 10.0. The monoisotopic (exact) mass is 388 g/mol. The van der Waals surface area contributed by atoms with Crippen LogP contribution >= 0.6 is 0 Å². The second-order valence-electron chi connectivity index (χ2n) is 8.77. The van der Waals surface area contributed by atoms with Gasteiger partial charge >= 0.3 is 12.1 Å². The van der Waals surface area contributed by atoms with Crippen molar-refractivity contribution in [3.05, 3.63) is 0 Å². The number of carboxylic acids is 1. The van der Waals surface area contributed by atoms with E-state index >= 15 is 0 Å². The fraction of sp³-hybridized carbons (Fsp3) is 0.900.